The van der Waals surface area contributed by atoms with Gasteiger partial charge in [0, 0.05) is 11.5 Å². The second kappa shape index (κ2) is 5.05. The molecule has 0 aromatic rings. The van der Waals surface area contributed by atoms with Crippen molar-refractivity contribution in [1.82, 2.24) is 0 Å². The van der Waals surface area contributed by atoms with Gasteiger partial charge in [-0.05, 0) is 19.3 Å². The molecule has 1 aliphatic heterocycles. The van der Waals surface area contributed by atoms with E-state index in [2.05, 4.69) is 0 Å². The number of hydrogen-bond acceptors (Lipinski definition) is 4. The van der Waals surface area contributed by atoms with Crippen molar-refractivity contribution in [3.8, 4) is 0 Å². The molecule has 1 saturated heterocycles. The van der Waals surface area contributed by atoms with Crippen LogP contribution < -0.4 is 0 Å². The van der Waals surface area contributed by atoms with E-state index >= 15 is 0 Å². The van der Waals surface area contributed by atoms with Gasteiger partial charge in [-0.1, -0.05) is 0 Å². The molecule has 1 fully saturated rings. The van der Waals surface area contributed by atoms with Crippen molar-refractivity contribution in [2.75, 3.05) is 19.8 Å². The molecule has 0 unspecified atom stereocenters. The molecule has 0 aliphatic carbocycles. The molecule has 1 aliphatic rings. The molecule has 0 radical (unpaired) electrons. The average Bonchev–Trinajstić information content (AvgIpc) is 2.05. The fourth-order valence-electron chi connectivity index (χ4n) is 1.10. The first kappa shape index (κ1) is 9.41. The summed E-state index contributed by atoms with van der Waals surface area (Å²) in [5.74, 6) is 0. The van der Waals surface area contributed by atoms with Gasteiger partial charge in [-0.15, -0.1) is 0 Å². The van der Waals surface area contributed by atoms with Crippen LogP contribution in [-0.2, 0) is 9.47 Å². The number of nitrogens with zero attached hydrogens (tertiary/aromatic N) is 1. The molecular weight excluding hydrogens is 162 g/mol. The maximum absolute atomic E-state index is 9.93. The molecule has 0 bridgehead atoms. The molecule has 0 amide bonds. The Kier molecular flexibility index (Phi) is 3.96. The maximum Gasteiger partial charge on any atom is 0.227 e. The summed E-state index contributed by atoms with van der Waals surface area (Å²) in [6, 6.07) is 0. The Bertz CT molecular complexity index is 144. The van der Waals surface area contributed by atoms with Gasteiger partial charge in [-0.2, -0.15) is 0 Å². The average molecular weight is 175 g/mol. The minimum absolute atomic E-state index is 0.139. The van der Waals surface area contributed by atoms with E-state index in [4.69, 9.17) is 9.47 Å². The molecule has 0 aromatic carbocycles. The topological polar surface area (TPSA) is 61.6 Å². The van der Waals surface area contributed by atoms with Gasteiger partial charge in [0.05, 0.1) is 0 Å². The highest BCUT2D eigenvalue weighted by atomic mass is 16.7. The lowest BCUT2D eigenvalue weighted by atomic mass is 10.2. The van der Waals surface area contributed by atoms with Gasteiger partial charge in [-0.25, -0.2) is 0 Å². The Hall–Kier alpha value is -0.680. The van der Waals surface area contributed by atoms with Crippen LogP contribution >= 0.6 is 0 Å². The van der Waals surface area contributed by atoms with Gasteiger partial charge in [-0.3, -0.25) is 10.1 Å². The highest BCUT2D eigenvalue weighted by Crippen LogP contribution is 2.13. The van der Waals surface area contributed by atoms with E-state index in [0.29, 0.717) is 6.61 Å². The smallest absolute Gasteiger partial charge is 0.227 e. The molecule has 12 heavy (non-hydrogen) atoms. The molecule has 1 rings (SSSR count). The van der Waals surface area contributed by atoms with Crippen molar-refractivity contribution in [2.24, 2.45) is 0 Å². The molecule has 70 valence electrons. The SMILES string of the molecule is O=[N+]([O-])CCO[C@@H]1CCCCO1. The fraction of sp³-hybridized carbons (Fsp3) is 1.00. The van der Waals surface area contributed by atoms with Crippen molar-refractivity contribution in [3.63, 3.8) is 0 Å². The summed E-state index contributed by atoms with van der Waals surface area (Å²) in [6.45, 7) is 0.723. The molecule has 0 spiro atoms. The third-order valence-corrected chi connectivity index (χ3v) is 1.72. The molecule has 1 heterocycles. The Labute approximate surface area is 70.8 Å². The van der Waals surface area contributed by atoms with E-state index in [1.807, 2.05) is 0 Å². The van der Waals surface area contributed by atoms with Crippen LogP contribution in [0.25, 0.3) is 0 Å². The first-order valence-corrected chi connectivity index (χ1v) is 4.14. The van der Waals surface area contributed by atoms with Crippen LogP contribution in [0.15, 0.2) is 0 Å². The highest BCUT2D eigenvalue weighted by molar-refractivity contribution is 4.53. The molecule has 0 N–H and O–H groups in total. The van der Waals surface area contributed by atoms with Gasteiger partial charge < -0.3 is 9.47 Å². The normalized spacial score (nSPS) is 23.8. The van der Waals surface area contributed by atoms with E-state index in [1.54, 1.807) is 0 Å². The van der Waals surface area contributed by atoms with Crippen LogP contribution in [-0.4, -0.2) is 31.0 Å². The molecule has 5 nitrogen and oxygen atoms in total. The summed E-state index contributed by atoms with van der Waals surface area (Å²) in [7, 11) is 0. The first-order valence-electron chi connectivity index (χ1n) is 4.14. The van der Waals surface area contributed by atoms with E-state index < -0.39 is 0 Å². The third kappa shape index (κ3) is 3.64. The van der Waals surface area contributed by atoms with Crippen molar-refractivity contribution in [1.29, 1.82) is 0 Å². The predicted molar refractivity (Wildman–Crippen MR) is 41.4 cm³/mol. The standard InChI is InChI=1S/C7H13NO4/c9-8(10)4-6-12-7-3-1-2-5-11-7/h7H,1-6H2/t7-/m1/s1. The first-order chi connectivity index (χ1) is 5.79. The van der Waals surface area contributed by atoms with E-state index in [9.17, 15) is 10.1 Å². The zero-order valence-corrected chi connectivity index (χ0v) is 6.90. The lowest BCUT2D eigenvalue weighted by molar-refractivity contribution is -0.485. The summed E-state index contributed by atoms with van der Waals surface area (Å²) in [5.41, 5.74) is 0. The third-order valence-electron chi connectivity index (χ3n) is 1.72. The quantitative estimate of drug-likeness (QED) is 0.468. The van der Waals surface area contributed by atoms with Gasteiger partial charge in [0.25, 0.3) is 0 Å². The monoisotopic (exact) mass is 175 g/mol. The fourth-order valence-corrected chi connectivity index (χ4v) is 1.10. The lowest BCUT2D eigenvalue weighted by Crippen LogP contribution is -2.24. The van der Waals surface area contributed by atoms with Crippen LogP contribution in [0.5, 0.6) is 0 Å². The second-order valence-electron chi connectivity index (χ2n) is 2.72. The summed E-state index contributed by atoms with van der Waals surface area (Å²) in [4.78, 5) is 9.54. The van der Waals surface area contributed by atoms with Gasteiger partial charge >= 0.3 is 0 Å². The minimum Gasteiger partial charge on any atom is -0.353 e. The summed E-state index contributed by atoms with van der Waals surface area (Å²) in [5, 5.41) is 9.93. The van der Waals surface area contributed by atoms with Crippen LogP contribution in [0.1, 0.15) is 19.3 Å². The highest BCUT2D eigenvalue weighted by Gasteiger charge is 2.14. The van der Waals surface area contributed by atoms with Gasteiger partial charge in [0.2, 0.25) is 6.54 Å². The van der Waals surface area contributed by atoms with E-state index in [1.165, 1.54) is 0 Å². The maximum atomic E-state index is 9.93. The van der Waals surface area contributed by atoms with Crippen LogP contribution in [0, 0.1) is 10.1 Å². The van der Waals surface area contributed by atoms with Crippen molar-refractivity contribution in [3.05, 3.63) is 10.1 Å². The van der Waals surface area contributed by atoms with Crippen LogP contribution in [0.2, 0.25) is 0 Å². The number of hydrogen-bond donors (Lipinski definition) is 0. The predicted octanol–water partition coefficient (Wildman–Crippen LogP) is 0.806. The number of rotatable bonds is 4. The van der Waals surface area contributed by atoms with E-state index in [0.717, 1.165) is 19.3 Å². The number of nitro groups is 1. The Morgan fingerprint density at radius 1 is 1.58 bits per heavy atom. The summed E-state index contributed by atoms with van der Waals surface area (Å²) in [6.07, 6.45) is 2.80. The second-order valence-corrected chi connectivity index (χ2v) is 2.72. The summed E-state index contributed by atoms with van der Waals surface area (Å²) >= 11 is 0. The Morgan fingerprint density at radius 3 is 3.00 bits per heavy atom. The molecule has 0 aromatic heterocycles. The lowest BCUT2D eigenvalue weighted by Gasteiger charge is -2.21. The van der Waals surface area contributed by atoms with Crippen molar-refractivity contribution < 1.29 is 14.4 Å². The minimum atomic E-state index is -0.386. The molecule has 5 heteroatoms. The molecule has 1 atom stereocenters. The van der Waals surface area contributed by atoms with Crippen LogP contribution in [0.3, 0.4) is 0 Å². The van der Waals surface area contributed by atoms with Gasteiger partial charge in [0.1, 0.15) is 6.61 Å². The largest absolute Gasteiger partial charge is 0.353 e. The summed E-state index contributed by atoms with van der Waals surface area (Å²) < 4.78 is 10.3. The van der Waals surface area contributed by atoms with Crippen molar-refractivity contribution >= 4 is 0 Å². The molecular formula is C7H13NO4. The Morgan fingerprint density at radius 2 is 2.42 bits per heavy atom. The zero-order chi connectivity index (χ0) is 8.81. The Balaban J connectivity index is 2.01. The van der Waals surface area contributed by atoms with Gasteiger partial charge in [0.15, 0.2) is 6.29 Å². The number of ether oxygens (including phenoxy) is 2. The zero-order valence-electron chi connectivity index (χ0n) is 6.90. The van der Waals surface area contributed by atoms with E-state index in [-0.39, 0.29) is 24.4 Å². The molecule has 0 saturated carbocycles. The van der Waals surface area contributed by atoms with Crippen molar-refractivity contribution in [2.45, 2.75) is 25.6 Å². The van der Waals surface area contributed by atoms with Crippen LogP contribution in [0.4, 0.5) is 0 Å².